The highest BCUT2D eigenvalue weighted by Gasteiger charge is 1.97. The molecule has 19 heavy (non-hydrogen) atoms. The summed E-state index contributed by atoms with van der Waals surface area (Å²) >= 11 is 0. The smallest absolute Gasteiger partial charge is 0.0358 e. The van der Waals surface area contributed by atoms with Gasteiger partial charge < -0.3 is 5.73 Å². The van der Waals surface area contributed by atoms with Crippen molar-refractivity contribution in [1.82, 2.24) is 4.98 Å². The Morgan fingerprint density at radius 3 is 2.74 bits per heavy atom. The van der Waals surface area contributed by atoms with E-state index in [9.17, 15) is 0 Å². The van der Waals surface area contributed by atoms with Crippen LogP contribution in [0, 0.1) is 11.8 Å². The molecule has 1 heterocycles. The topological polar surface area (TPSA) is 38.9 Å². The van der Waals surface area contributed by atoms with Gasteiger partial charge in [-0.2, -0.15) is 0 Å². The third kappa shape index (κ3) is 2.41. The number of rotatable bonds is 0. The van der Waals surface area contributed by atoms with Crippen molar-refractivity contribution in [2.24, 2.45) is 0 Å². The van der Waals surface area contributed by atoms with Gasteiger partial charge in [0.1, 0.15) is 0 Å². The maximum atomic E-state index is 5.74. The van der Waals surface area contributed by atoms with Crippen LogP contribution in [0.3, 0.4) is 0 Å². The number of pyridine rings is 1. The summed E-state index contributed by atoms with van der Waals surface area (Å²) in [5.74, 6) is 6.32. The van der Waals surface area contributed by atoms with Gasteiger partial charge in [-0.15, -0.1) is 0 Å². The first-order chi connectivity index (χ1) is 9.33. The lowest BCUT2D eigenvalue weighted by Crippen LogP contribution is -1.85. The molecule has 2 nitrogen and oxygen atoms in total. The largest absolute Gasteiger partial charge is 0.399 e. The fourth-order valence-corrected chi connectivity index (χ4v) is 1.98. The summed E-state index contributed by atoms with van der Waals surface area (Å²) in [4.78, 5) is 4.15. The monoisotopic (exact) mass is 244 g/mol. The van der Waals surface area contributed by atoms with E-state index >= 15 is 0 Å². The molecule has 0 aliphatic heterocycles. The van der Waals surface area contributed by atoms with Gasteiger partial charge in [-0.05, 0) is 35.7 Å². The molecule has 0 bridgehead atoms. The second kappa shape index (κ2) is 4.83. The zero-order chi connectivity index (χ0) is 13.1. The lowest BCUT2D eigenvalue weighted by Gasteiger charge is -1.99. The Morgan fingerprint density at radius 2 is 1.84 bits per heavy atom. The molecule has 3 aromatic rings. The van der Waals surface area contributed by atoms with E-state index in [0.717, 1.165) is 27.6 Å². The molecular formula is C17H12N2. The molecule has 0 radical (unpaired) electrons. The van der Waals surface area contributed by atoms with Crippen molar-refractivity contribution in [3.63, 3.8) is 0 Å². The Hall–Kier alpha value is -2.79. The molecule has 1 aromatic heterocycles. The van der Waals surface area contributed by atoms with E-state index in [1.165, 1.54) is 0 Å². The van der Waals surface area contributed by atoms with Crippen LogP contribution in [-0.4, -0.2) is 4.98 Å². The second-order valence-corrected chi connectivity index (χ2v) is 4.28. The molecule has 0 unspecified atom stereocenters. The SMILES string of the molecule is Nc1cccc(C#Cc2cccc3ccncc23)c1. The van der Waals surface area contributed by atoms with E-state index in [1.807, 2.05) is 48.7 Å². The average Bonchev–Trinajstić information content (AvgIpc) is 2.45. The van der Waals surface area contributed by atoms with E-state index in [-0.39, 0.29) is 0 Å². The predicted octanol–water partition coefficient (Wildman–Crippen LogP) is 3.22. The lowest BCUT2D eigenvalue weighted by atomic mass is 10.1. The van der Waals surface area contributed by atoms with Gasteiger partial charge in [-0.25, -0.2) is 0 Å². The Kier molecular flexibility index (Phi) is 2.88. The lowest BCUT2D eigenvalue weighted by molar-refractivity contribution is 1.36. The summed E-state index contributed by atoms with van der Waals surface area (Å²) in [5.41, 5.74) is 8.37. The molecule has 3 rings (SSSR count). The summed E-state index contributed by atoms with van der Waals surface area (Å²) in [7, 11) is 0. The molecule has 2 aromatic carbocycles. The zero-order valence-corrected chi connectivity index (χ0v) is 10.3. The highest BCUT2D eigenvalue weighted by atomic mass is 14.6. The predicted molar refractivity (Wildman–Crippen MR) is 78.6 cm³/mol. The highest BCUT2D eigenvalue weighted by Crippen LogP contribution is 2.16. The summed E-state index contributed by atoms with van der Waals surface area (Å²) < 4.78 is 0. The number of nitrogens with two attached hydrogens (primary N) is 1. The van der Waals surface area contributed by atoms with Crippen molar-refractivity contribution in [2.45, 2.75) is 0 Å². The van der Waals surface area contributed by atoms with Gasteiger partial charge in [-0.1, -0.05) is 30.0 Å². The molecule has 0 aliphatic rings. The number of nitrogen functional groups attached to an aromatic ring is 1. The van der Waals surface area contributed by atoms with Crippen LogP contribution in [0.2, 0.25) is 0 Å². The Labute approximate surface area is 111 Å². The minimum Gasteiger partial charge on any atom is -0.399 e. The van der Waals surface area contributed by atoms with Crippen LogP contribution >= 0.6 is 0 Å². The van der Waals surface area contributed by atoms with Gasteiger partial charge >= 0.3 is 0 Å². The summed E-state index contributed by atoms with van der Waals surface area (Å²) in [6.45, 7) is 0. The van der Waals surface area contributed by atoms with Crippen LogP contribution in [0.4, 0.5) is 5.69 Å². The van der Waals surface area contributed by atoms with E-state index < -0.39 is 0 Å². The maximum absolute atomic E-state index is 5.74. The van der Waals surface area contributed by atoms with Crippen LogP contribution in [0.25, 0.3) is 10.8 Å². The molecule has 90 valence electrons. The highest BCUT2D eigenvalue weighted by molar-refractivity contribution is 5.87. The van der Waals surface area contributed by atoms with Crippen molar-refractivity contribution in [2.75, 3.05) is 5.73 Å². The quantitative estimate of drug-likeness (QED) is 0.487. The van der Waals surface area contributed by atoms with Gasteiger partial charge in [0.2, 0.25) is 0 Å². The van der Waals surface area contributed by atoms with E-state index in [4.69, 9.17) is 5.73 Å². The first-order valence-corrected chi connectivity index (χ1v) is 6.03. The number of hydrogen-bond donors (Lipinski definition) is 1. The van der Waals surface area contributed by atoms with Crippen molar-refractivity contribution in [3.05, 3.63) is 72.1 Å². The molecule has 0 saturated heterocycles. The van der Waals surface area contributed by atoms with Gasteiger partial charge in [0.05, 0.1) is 0 Å². The molecular weight excluding hydrogens is 232 g/mol. The normalized spacial score (nSPS) is 9.89. The average molecular weight is 244 g/mol. The fraction of sp³-hybridized carbons (Fsp3) is 0. The molecule has 0 spiro atoms. The zero-order valence-electron chi connectivity index (χ0n) is 10.3. The number of aromatic nitrogens is 1. The van der Waals surface area contributed by atoms with Gasteiger partial charge in [0.25, 0.3) is 0 Å². The Morgan fingerprint density at radius 1 is 0.947 bits per heavy atom. The Bertz CT molecular complexity index is 789. The second-order valence-electron chi connectivity index (χ2n) is 4.28. The fourth-order valence-electron chi connectivity index (χ4n) is 1.98. The molecule has 2 N–H and O–H groups in total. The number of anilines is 1. The van der Waals surface area contributed by atoms with E-state index in [0.29, 0.717) is 0 Å². The van der Waals surface area contributed by atoms with Crippen LogP contribution in [0.5, 0.6) is 0 Å². The van der Waals surface area contributed by atoms with E-state index in [1.54, 1.807) is 6.20 Å². The van der Waals surface area contributed by atoms with Gasteiger partial charge in [-0.3, -0.25) is 4.98 Å². The van der Waals surface area contributed by atoms with Crippen molar-refractivity contribution in [3.8, 4) is 11.8 Å². The number of hydrogen-bond acceptors (Lipinski definition) is 2. The first-order valence-electron chi connectivity index (χ1n) is 6.03. The first kappa shape index (κ1) is 11.3. The third-order valence-corrected chi connectivity index (χ3v) is 2.91. The summed E-state index contributed by atoms with van der Waals surface area (Å²) in [6, 6.07) is 15.6. The Balaban J connectivity index is 2.07. The van der Waals surface area contributed by atoms with Crippen molar-refractivity contribution >= 4 is 16.5 Å². The standard InChI is InChI=1S/C17H12N2/c18-16-6-1-3-13(11-16)7-8-14-4-2-5-15-9-10-19-12-17(14)15/h1-6,9-12H,18H2. The van der Waals surface area contributed by atoms with Crippen LogP contribution in [-0.2, 0) is 0 Å². The van der Waals surface area contributed by atoms with Crippen LogP contribution in [0.1, 0.15) is 11.1 Å². The van der Waals surface area contributed by atoms with Crippen LogP contribution < -0.4 is 5.73 Å². The number of benzene rings is 2. The number of nitrogens with zero attached hydrogens (tertiary/aromatic N) is 1. The van der Waals surface area contributed by atoms with Crippen molar-refractivity contribution in [1.29, 1.82) is 0 Å². The van der Waals surface area contributed by atoms with Crippen molar-refractivity contribution < 1.29 is 0 Å². The summed E-state index contributed by atoms with van der Waals surface area (Å²) in [6.07, 6.45) is 3.64. The minimum atomic E-state index is 0.728. The van der Waals surface area contributed by atoms with Crippen LogP contribution in [0.15, 0.2) is 60.9 Å². The minimum absolute atomic E-state index is 0.728. The maximum Gasteiger partial charge on any atom is 0.0358 e. The molecule has 0 atom stereocenters. The molecule has 0 fully saturated rings. The van der Waals surface area contributed by atoms with Gasteiger partial charge in [0.15, 0.2) is 0 Å². The number of fused-ring (bicyclic) bond motifs is 1. The van der Waals surface area contributed by atoms with Gasteiger partial charge in [0, 0.05) is 34.6 Å². The molecule has 0 saturated carbocycles. The van der Waals surface area contributed by atoms with E-state index in [2.05, 4.69) is 22.9 Å². The molecule has 2 heteroatoms. The molecule has 0 aliphatic carbocycles. The third-order valence-electron chi connectivity index (χ3n) is 2.91. The molecule has 0 amide bonds. The summed E-state index contributed by atoms with van der Waals surface area (Å²) in [5, 5.41) is 2.22.